The van der Waals surface area contributed by atoms with Gasteiger partial charge in [-0.15, -0.1) is 0 Å². The maximum absolute atomic E-state index is 5.93. The molecule has 0 aliphatic rings. The molecule has 84 valence electrons. The van der Waals surface area contributed by atoms with E-state index in [1.54, 1.807) is 0 Å². The maximum Gasteiger partial charge on any atom is 0.134 e. The normalized spacial score (nSPS) is 12.7. The molecule has 2 N–H and O–H groups in total. The molecule has 1 unspecified atom stereocenters. The third-order valence-corrected chi connectivity index (χ3v) is 2.78. The fraction of sp³-hybridized carbons (Fsp3) is 0.231. The number of furan rings is 1. The molecule has 16 heavy (non-hydrogen) atoms. The van der Waals surface area contributed by atoms with Gasteiger partial charge in [0.25, 0.3) is 0 Å². The van der Waals surface area contributed by atoms with Gasteiger partial charge in [0.15, 0.2) is 0 Å². The molecule has 2 rings (SSSR count). The number of hydrogen-bond donors (Lipinski definition) is 1. The summed E-state index contributed by atoms with van der Waals surface area (Å²) >= 11 is 5.93. The van der Waals surface area contributed by atoms with Crippen molar-refractivity contribution in [2.45, 2.75) is 19.4 Å². The number of nitrogens with two attached hydrogens (primary N) is 1. The summed E-state index contributed by atoms with van der Waals surface area (Å²) in [6.45, 7) is 2.03. The lowest BCUT2D eigenvalue weighted by Gasteiger charge is -2.04. The Kier molecular flexibility index (Phi) is 3.32. The van der Waals surface area contributed by atoms with Crippen LogP contribution in [0.5, 0.6) is 0 Å². The first-order chi connectivity index (χ1) is 7.70. The van der Waals surface area contributed by atoms with E-state index in [0.717, 1.165) is 23.5 Å². The Morgan fingerprint density at radius 1 is 1.31 bits per heavy atom. The molecule has 0 aliphatic carbocycles. The molecular formula is C13H14ClNO. The summed E-state index contributed by atoms with van der Waals surface area (Å²) in [6, 6.07) is 11.4. The minimum absolute atomic E-state index is 0.0343. The summed E-state index contributed by atoms with van der Waals surface area (Å²) in [6.07, 6.45) is 0.864. The van der Waals surface area contributed by atoms with E-state index in [9.17, 15) is 0 Å². The lowest BCUT2D eigenvalue weighted by molar-refractivity contribution is 0.470. The van der Waals surface area contributed by atoms with Crippen molar-refractivity contribution in [1.29, 1.82) is 0 Å². The second kappa shape index (κ2) is 4.73. The van der Waals surface area contributed by atoms with E-state index in [1.807, 2.05) is 43.3 Å². The van der Waals surface area contributed by atoms with Gasteiger partial charge in [0.2, 0.25) is 0 Å². The van der Waals surface area contributed by atoms with Crippen LogP contribution >= 0.6 is 11.6 Å². The third kappa shape index (κ3) is 2.29. The Bertz CT molecular complexity index is 478. The highest BCUT2D eigenvalue weighted by Crippen LogP contribution is 2.27. The van der Waals surface area contributed by atoms with Gasteiger partial charge in [-0.3, -0.25) is 0 Å². The molecule has 0 saturated carbocycles. The number of hydrogen-bond acceptors (Lipinski definition) is 2. The van der Waals surface area contributed by atoms with Gasteiger partial charge in [0.1, 0.15) is 11.5 Å². The predicted molar refractivity (Wildman–Crippen MR) is 66.4 cm³/mol. The lowest BCUT2D eigenvalue weighted by atomic mass is 10.2. The molecular weight excluding hydrogens is 222 g/mol. The molecule has 0 spiro atoms. The Balaban J connectivity index is 2.31. The van der Waals surface area contributed by atoms with Crippen LogP contribution in [0.25, 0.3) is 11.3 Å². The first kappa shape index (κ1) is 11.2. The fourth-order valence-electron chi connectivity index (χ4n) is 1.55. The molecule has 1 atom stereocenters. The second-order valence-corrected chi connectivity index (χ2v) is 4.16. The van der Waals surface area contributed by atoms with Crippen LogP contribution < -0.4 is 5.73 Å². The Hall–Kier alpha value is -1.25. The lowest BCUT2D eigenvalue weighted by Crippen LogP contribution is -2.06. The number of benzene rings is 1. The van der Waals surface area contributed by atoms with Crippen LogP contribution in [0.4, 0.5) is 0 Å². The van der Waals surface area contributed by atoms with Crippen molar-refractivity contribution in [2.75, 3.05) is 0 Å². The molecule has 3 heteroatoms. The van der Waals surface area contributed by atoms with Crippen LogP contribution in [0.3, 0.4) is 0 Å². The van der Waals surface area contributed by atoms with E-state index in [-0.39, 0.29) is 6.04 Å². The van der Waals surface area contributed by atoms with Crippen molar-refractivity contribution >= 4 is 11.6 Å². The Morgan fingerprint density at radius 2 is 2.12 bits per heavy atom. The van der Waals surface area contributed by atoms with Crippen molar-refractivity contribution in [3.63, 3.8) is 0 Å². The molecule has 1 aromatic carbocycles. The highest BCUT2D eigenvalue weighted by molar-refractivity contribution is 6.30. The van der Waals surface area contributed by atoms with E-state index < -0.39 is 0 Å². The maximum atomic E-state index is 5.93. The molecule has 1 aromatic heterocycles. The Labute approximate surface area is 100 Å². The van der Waals surface area contributed by atoms with Gasteiger partial charge in [-0.05, 0) is 30.7 Å². The smallest absolute Gasteiger partial charge is 0.134 e. The summed E-state index contributed by atoms with van der Waals surface area (Å²) < 4.78 is 5.69. The summed E-state index contributed by atoms with van der Waals surface area (Å²) in [4.78, 5) is 0. The minimum atomic E-state index is -0.0343. The van der Waals surface area contributed by atoms with E-state index in [1.165, 1.54) is 0 Å². The molecule has 2 nitrogen and oxygen atoms in total. The quantitative estimate of drug-likeness (QED) is 0.873. The van der Waals surface area contributed by atoms with Crippen LogP contribution in [-0.4, -0.2) is 0 Å². The van der Waals surface area contributed by atoms with Crippen LogP contribution in [0.15, 0.2) is 40.8 Å². The van der Waals surface area contributed by atoms with Gasteiger partial charge in [-0.2, -0.15) is 0 Å². The third-order valence-electron chi connectivity index (χ3n) is 2.54. The molecule has 0 bridgehead atoms. The molecule has 0 saturated heterocycles. The zero-order chi connectivity index (χ0) is 11.5. The average molecular weight is 236 g/mol. The summed E-state index contributed by atoms with van der Waals surface area (Å²) in [5, 5.41) is 0.704. The van der Waals surface area contributed by atoms with E-state index >= 15 is 0 Å². The van der Waals surface area contributed by atoms with E-state index in [0.29, 0.717) is 5.02 Å². The topological polar surface area (TPSA) is 39.2 Å². The second-order valence-electron chi connectivity index (χ2n) is 3.73. The molecule has 0 aliphatic heterocycles. The van der Waals surface area contributed by atoms with Gasteiger partial charge in [0.05, 0.1) is 6.04 Å². The fourth-order valence-corrected chi connectivity index (χ4v) is 1.74. The summed E-state index contributed by atoms with van der Waals surface area (Å²) in [5.74, 6) is 1.62. The van der Waals surface area contributed by atoms with E-state index in [4.69, 9.17) is 21.8 Å². The van der Waals surface area contributed by atoms with Crippen LogP contribution in [0.1, 0.15) is 25.1 Å². The first-order valence-corrected chi connectivity index (χ1v) is 5.69. The van der Waals surface area contributed by atoms with Gasteiger partial charge >= 0.3 is 0 Å². The van der Waals surface area contributed by atoms with Gasteiger partial charge in [-0.1, -0.05) is 30.7 Å². The van der Waals surface area contributed by atoms with Crippen LogP contribution in [0.2, 0.25) is 5.02 Å². The van der Waals surface area contributed by atoms with Crippen molar-refractivity contribution in [1.82, 2.24) is 0 Å². The molecule has 1 heterocycles. The first-order valence-electron chi connectivity index (χ1n) is 5.32. The Morgan fingerprint density at radius 3 is 2.81 bits per heavy atom. The molecule has 0 radical (unpaired) electrons. The van der Waals surface area contributed by atoms with Gasteiger partial charge in [0, 0.05) is 10.6 Å². The van der Waals surface area contributed by atoms with E-state index in [2.05, 4.69) is 0 Å². The van der Waals surface area contributed by atoms with Crippen LogP contribution in [0, 0.1) is 0 Å². The van der Waals surface area contributed by atoms with Crippen molar-refractivity contribution in [3.8, 4) is 11.3 Å². The highest BCUT2D eigenvalue weighted by atomic mass is 35.5. The minimum Gasteiger partial charge on any atom is -0.459 e. The monoisotopic (exact) mass is 235 g/mol. The molecule has 0 fully saturated rings. The van der Waals surface area contributed by atoms with Crippen molar-refractivity contribution in [3.05, 3.63) is 47.2 Å². The predicted octanol–water partition coefficient (Wildman–Crippen LogP) is 4.01. The SMILES string of the molecule is CCC(N)c1ccc(-c2cccc(Cl)c2)o1. The standard InChI is InChI=1S/C13H14ClNO/c1-2-11(15)13-7-6-12(16-13)9-4-3-5-10(14)8-9/h3-8,11H,2,15H2,1H3. The van der Waals surface area contributed by atoms with Crippen molar-refractivity contribution < 1.29 is 4.42 Å². The molecule has 2 aromatic rings. The summed E-state index contributed by atoms with van der Waals surface area (Å²) in [5.41, 5.74) is 6.87. The van der Waals surface area contributed by atoms with Crippen molar-refractivity contribution in [2.24, 2.45) is 5.73 Å². The number of halogens is 1. The van der Waals surface area contributed by atoms with Crippen LogP contribution in [-0.2, 0) is 0 Å². The van der Waals surface area contributed by atoms with Gasteiger partial charge in [-0.25, -0.2) is 0 Å². The van der Waals surface area contributed by atoms with Gasteiger partial charge < -0.3 is 10.2 Å². The average Bonchev–Trinajstić information content (AvgIpc) is 2.77. The number of rotatable bonds is 3. The largest absolute Gasteiger partial charge is 0.459 e. The zero-order valence-corrected chi connectivity index (χ0v) is 9.87. The highest BCUT2D eigenvalue weighted by Gasteiger charge is 2.10. The molecule has 0 amide bonds. The summed E-state index contributed by atoms with van der Waals surface area (Å²) in [7, 11) is 0. The zero-order valence-electron chi connectivity index (χ0n) is 9.11.